The monoisotopic (exact) mass is 329 g/mol. The van der Waals surface area contributed by atoms with E-state index >= 15 is 0 Å². The lowest BCUT2D eigenvalue weighted by atomic mass is 10.1. The SMILES string of the molecule is O=C(Cc1ccc(F)cc1)OCCCc1c[nH]c2ccc(F)cc12. The molecular weight excluding hydrogens is 312 g/mol. The third-order valence-electron chi connectivity index (χ3n) is 3.84. The number of esters is 1. The Labute approximate surface area is 138 Å². The number of H-pyrrole nitrogens is 1. The number of carbonyl (C=O) groups excluding carboxylic acids is 1. The van der Waals surface area contributed by atoms with Crippen molar-refractivity contribution in [1.82, 2.24) is 4.98 Å². The first-order valence-electron chi connectivity index (χ1n) is 7.77. The van der Waals surface area contributed by atoms with Crippen LogP contribution in [0.3, 0.4) is 0 Å². The average molecular weight is 329 g/mol. The number of aromatic amines is 1. The van der Waals surface area contributed by atoms with E-state index < -0.39 is 0 Å². The van der Waals surface area contributed by atoms with Crippen LogP contribution in [0.15, 0.2) is 48.7 Å². The van der Waals surface area contributed by atoms with Crippen LogP contribution in [0.1, 0.15) is 17.5 Å². The fourth-order valence-electron chi connectivity index (χ4n) is 2.63. The minimum atomic E-state index is -0.341. The van der Waals surface area contributed by atoms with Crippen LogP contribution in [0.25, 0.3) is 10.9 Å². The quantitative estimate of drug-likeness (QED) is 0.545. The number of rotatable bonds is 6. The van der Waals surface area contributed by atoms with Crippen molar-refractivity contribution >= 4 is 16.9 Å². The molecule has 0 fully saturated rings. The highest BCUT2D eigenvalue weighted by Crippen LogP contribution is 2.20. The minimum Gasteiger partial charge on any atom is -0.465 e. The molecule has 0 radical (unpaired) electrons. The Morgan fingerprint density at radius 1 is 1.04 bits per heavy atom. The van der Waals surface area contributed by atoms with Crippen LogP contribution in [0.4, 0.5) is 8.78 Å². The second-order valence-electron chi connectivity index (χ2n) is 5.63. The summed E-state index contributed by atoms with van der Waals surface area (Å²) in [7, 11) is 0. The number of hydrogen-bond donors (Lipinski definition) is 1. The molecule has 1 heterocycles. The molecule has 3 rings (SSSR count). The Morgan fingerprint density at radius 3 is 2.58 bits per heavy atom. The normalized spacial score (nSPS) is 10.9. The number of carbonyl (C=O) groups is 1. The molecule has 0 saturated heterocycles. The summed E-state index contributed by atoms with van der Waals surface area (Å²) in [6.07, 6.45) is 3.31. The molecular formula is C19H17F2NO2. The molecule has 0 aliphatic rings. The van der Waals surface area contributed by atoms with Crippen LogP contribution < -0.4 is 0 Å². The van der Waals surface area contributed by atoms with Gasteiger partial charge in [0.25, 0.3) is 0 Å². The van der Waals surface area contributed by atoms with Gasteiger partial charge in [0.2, 0.25) is 0 Å². The number of hydrogen-bond acceptors (Lipinski definition) is 2. The minimum absolute atomic E-state index is 0.124. The van der Waals surface area contributed by atoms with Crippen molar-refractivity contribution in [2.45, 2.75) is 19.3 Å². The highest BCUT2D eigenvalue weighted by Gasteiger charge is 2.07. The summed E-state index contributed by atoms with van der Waals surface area (Å²) in [5.74, 6) is -0.942. The lowest BCUT2D eigenvalue weighted by molar-refractivity contribution is -0.142. The van der Waals surface area contributed by atoms with E-state index in [1.807, 2.05) is 6.20 Å². The van der Waals surface area contributed by atoms with E-state index in [2.05, 4.69) is 4.98 Å². The molecule has 1 N–H and O–H groups in total. The number of halogens is 2. The molecule has 0 atom stereocenters. The Morgan fingerprint density at radius 2 is 1.79 bits per heavy atom. The van der Waals surface area contributed by atoms with E-state index in [4.69, 9.17) is 4.74 Å². The fourth-order valence-corrected chi connectivity index (χ4v) is 2.63. The Bertz CT molecular complexity index is 840. The first kappa shape index (κ1) is 16.2. The van der Waals surface area contributed by atoms with E-state index in [-0.39, 0.29) is 24.0 Å². The summed E-state index contributed by atoms with van der Waals surface area (Å²) in [4.78, 5) is 14.8. The first-order chi connectivity index (χ1) is 11.6. The van der Waals surface area contributed by atoms with Gasteiger partial charge in [-0.1, -0.05) is 12.1 Å². The number of benzene rings is 2. The predicted octanol–water partition coefficient (Wildman–Crippen LogP) is 4.16. The molecule has 3 aromatic rings. The topological polar surface area (TPSA) is 42.1 Å². The zero-order valence-electron chi connectivity index (χ0n) is 13.0. The van der Waals surface area contributed by atoms with E-state index in [9.17, 15) is 13.6 Å². The summed E-state index contributed by atoms with van der Waals surface area (Å²) in [5, 5.41) is 0.854. The largest absolute Gasteiger partial charge is 0.465 e. The molecule has 0 saturated carbocycles. The van der Waals surface area contributed by atoms with E-state index in [0.29, 0.717) is 25.0 Å². The van der Waals surface area contributed by atoms with Gasteiger partial charge in [-0.15, -0.1) is 0 Å². The average Bonchev–Trinajstić information content (AvgIpc) is 2.96. The van der Waals surface area contributed by atoms with Crippen molar-refractivity contribution in [3.63, 3.8) is 0 Å². The molecule has 0 unspecified atom stereocenters. The van der Waals surface area contributed by atoms with Gasteiger partial charge in [0, 0.05) is 17.1 Å². The molecule has 124 valence electrons. The highest BCUT2D eigenvalue weighted by molar-refractivity contribution is 5.83. The number of ether oxygens (including phenoxy) is 1. The van der Waals surface area contributed by atoms with Gasteiger partial charge in [0.1, 0.15) is 11.6 Å². The van der Waals surface area contributed by atoms with Crippen LogP contribution in [-0.2, 0) is 22.4 Å². The lowest BCUT2D eigenvalue weighted by Crippen LogP contribution is -2.09. The summed E-state index contributed by atoms with van der Waals surface area (Å²) in [6, 6.07) is 10.4. The highest BCUT2D eigenvalue weighted by atomic mass is 19.1. The van der Waals surface area contributed by atoms with Gasteiger partial charge in [0.05, 0.1) is 13.0 Å². The van der Waals surface area contributed by atoms with Crippen molar-refractivity contribution in [3.05, 3.63) is 71.4 Å². The Balaban J connectivity index is 1.47. The molecule has 0 spiro atoms. The second-order valence-corrected chi connectivity index (χ2v) is 5.63. The van der Waals surface area contributed by atoms with E-state index in [1.54, 1.807) is 18.2 Å². The van der Waals surface area contributed by atoms with Crippen LogP contribution in [0, 0.1) is 11.6 Å². The second kappa shape index (κ2) is 7.25. The fraction of sp³-hybridized carbons (Fsp3) is 0.211. The number of nitrogens with one attached hydrogen (secondary N) is 1. The van der Waals surface area contributed by atoms with Gasteiger partial charge in [-0.25, -0.2) is 8.78 Å². The molecule has 3 nitrogen and oxygen atoms in total. The third-order valence-corrected chi connectivity index (χ3v) is 3.84. The smallest absolute Gasteiger partial charge is 0.310 e. The van der Waals surface area contributed by atoms with Gasteiger partial charge in [-0.05, 0) is 54.3 Å². The molecule has 24 heavy (non-hydrogen) atoms. The lowest BCUT2D eigenvalue weighted by Gasteiger charge is -2.05. The summed E-state index contributed by atoms with van der Waals surface area (Å²) >= 11 is 0. The van der Waals surface area contributed by atoms with Crippen molar-refractivity contribution in [2.24, 2.45) is 0 Å². The van der Waals surface area contributed by atoms with Crippen molar-refractivity contribution in [2.75, 3.05) is 6.61 Å². The molecule has 5 heteroatoms. The van der Waals surface area contributed by atoms with Gasteiger partial charge in [-0.2, -0.15) is 0 Å². The van der Waals surface area contributed by atoms with Crippen LogP contribution in [-0.4, -0.2) is 17.6 Å². The van der Waals surface area contributed by atoms with Crippen LogP contribution >= 0.6 is 0 Å². The Hall–Kier alpha value is -2.69. The standard InChI is InChI=1S/C19H17F2NO2/c20-15-5-3-13(4-6-15)10-19(23)24-9-1-2-14-12-22-18-8-7-16(21)11-17(14)18/h3-8,11-12,22H,1-2,9-10H2. The summed E-state index contributed by atoms with van der Waals surface area (Å²) in [6.45, 7) is 0.294. The van der Waals surface area contributed by atoms with E-state index in [0.717, 1.165) is 16.5 Å². The molecule has 0 amide bonds. The van der Waals surface area contributed by atoms with Crippen molar-refractivity contribution < 1.29 is 18.3 Å². The van der Waals surface area contributed by atoms with Gasteiger partial charge in [-0.3, -0.25) is 4.79 Å². The number of fused-ring (bicyclic) bond motifs is 1. The van der Waals surface area contributed by atoms with Gasteiger partial charge in [0.15, 0.2) is 0 Å². The molecule has 2 aromatic carbocycles. The molecule has 0 bridgehead atoms. The maximum Gasteiger partial charge on any atom is 0.310 e. The Kier molecular flexibility index (Phi) is 4.89. The molecule has 1 aromatic heterocycles. The van der Waals surface area contributed by atoms with E-state index in [1.165, 1.54) is 24.3 Å². The van der Waals surface area contributed by atoms with Crippen molar-refractivity contribution in [1.29, 1.82) is 0 Å². The maximum absolute atomic E-state index is 13.3. The third kappa shape index (κ3) is 3.98. The first-order valence-corrected chi connectivity index (χ1v) is 7.77. The zero-order chi connectivity index (χ0) is 16.9. The number of aryl methyl sites for hydroxylation is 1. The molecule has 0 aliphatic carbocycles. The van der Waals surface area contributed by atoms with Crippen LogP contribution in [0.2, 0.25) is 0 Å². The zero-order valence-corrected chi connectivity index (χ0v) is 13.0. The van der Waals surface area contributed by atoms with Crippen LogP contribution in [0.5, 0.6) is 0 Å². The van der Waals surface area contributed by atoms with Gasteiger partial charge < -0.3 is 9.72 Å². The summed E-state index contributed by atoms with van der Waals surface area (Å²) < 4.78 is 31.3. The van der Waals surface area contributed by atoms with Gasteiger partial charge >= 0.3 is 5.97 Å². The summed E-state index contributed by atoms with van der Waals surface area (Å²) in [5.41, 5.74) is 2.60. The van der Waals surface area contributed by atoms with Crippen molar-refractivity contribution in [3.8, 4) is 0 Å². The maximum atomic E-state index is 13.3. The number of aromatic nitrogens is 1. The molecule has 0 aliphatic heterocycles. The predicted molar refractivity (Wildman–Crippen MR) is 87.6 cm³/mol.